The minimum Gasteiger partial charge on any atom is -0.481 e. The molecule has 0 spiro atoms. The van der Waals surface area contributed by atoms with Crippen LogP contribution in [0.25, 0.3) is 0 Å². The molecule has 0 unspecified atom stereocenters. The van der Waals surface area contributed by atoms with Gasteiger partial charge in [-0.05, 0) is 44.7 Å². The Kier molecular flexibility index (Phi) is 5.24. The Morgan fingerprint density at radius 3 is 2.35 bits per heavy atom. The van der Waals surface area contributed by atoms with Gasteiger partial charge < -0.3 is 5.11 Å². The Morgan fingerprint density at radius 2 is 1.88 bits per heavy atom. The van der Waals surface area contributed by atoms with Gasteiger partial charge >= 0.3 is 12.1 Å². The molecule has 1 fully saturated rings. The molecule has 1 aliphatic rings. The zero-order valence-corrected chi connectivity index (χ0v) is 9.67. The number of hydrogen-bond donors (Lipinski definition) is 1. The minimum absolute atomic E-state index is 0.156. The lowest BCUT2D eigenvalue weighted by Crippen LogP contribution is -2.40. The molecule has 0 aliphatic carbocycles. The van der Waals surface area contributed by atoms with Crippen LogP contribution in [-0.4, -0.2) is 41.8 Å². The molecule has 1 saturated heterocycles. The van der Waals surface area contributed by atoms with Crippen LogP contribution >= 0.6 is 0 Å². The standard InChI is InChI=1S/C11H18F3NO2/c12-11(13,14)8-15-6-4-9(5-7-15)2-1-3-10(16)17/h9H,1-8H2,(H,16,17). The predicted molar refractivity (Wildman–Crippen MR) is 56.7 cm³/mol. The zero-order valence-electron chi connectivity index (χ0n) is 9.67. The lowest BCUT2D eigenvalue weighted by atomic mass is 9.91. The van der Waals surface area contributed by atoms with Gasteiger partial charge in [-0.15, -0.1) is 0 Å². The molecular formula is C11H18F3NO2. The lowest BCUT2D eigenvalue weighted by molar-refractivity contribution is -0.148. The van der Waals surface area contributed by atoms with Gasteiger partial charge in [0.25, 0.3) is 0 Å². The molecule has 0 radical (unpaired) electrons. The molecule has 0 aromatic heterocycles. The first-order valence-corrected chi connectivity index (χ1v) is 5.88. The summed E-state index contributed by atoms with van der Waals surface area (Å²) in [5, 5.41) is 8.48. The van der Waals surface area contributed by atoms with E-state index in [0.29, 0.717) is 25.4 Å². The quantitative estimate of drug-likeness (QED) is 0.818. The highest BCUT2D eigenvalue weighted by molar-refractivity contribution is 5.66. The highest BCUT2D eigenvalue weighted by atomic mass is 19.4. The van der Waals surface area contributed by atoms with E-state index in [1.165, 1.54) is 4.90 Å². The summed E-state index contributed by atoms with van der Waals surface area (Å²) < 4.78 is 36.4. The number of carbonyl (C=O) groups is 1. The van der Waals surface area contributed by atoms with Crippen molar-refractivity contribution in [2.75, 3.05) is 19.6 Å². The number of likely N-dealkylation sites (tertiary alicyclic amines) is 1. The van der Waals surface area contributed by atoms with Crippen molar-refractivity contribution < 1.29 is 23.1 Å². The molecule has 6 heteroatoms. The van der Waals surface area contributed by atoms with E-state index >= 15 is 0 Å². The van der Waals surface area contributed by atoms with Crippen LogP contribution in [-0.2, 0) is 4.79 Å². The van der Waals surface area contributed by atoms with Crippen LogP contribution in [0.4, 0.5) is 13.2 Å². The van der Waals surface area contributed by atoms with Gasteiger partial charge in [0.2, 0.25) is 0 Å². The van der Waals surface area contributed by atoms with E-state index in [2.05, 4.69) is 0 Å². The lowest BCUT2D eigenvalue weighted by Gasteiger charge is -2.32. The van der Waals surface area contributed by atoms with Crippen molar-refractivity contribution >= 4 is 5.97 Å². The largest absolute Gasteiger partial charge is 0.481 e. The highest BCUT2D eigenvalue weighted by Gasteiger charge is 2.32. The summed E-state index contributed by atoms with van der Waals surface area (Å²) >= 11 is 0. The summed E-state index contributed by atoms with van der Waals surface area (Å²) in [6.07, 6.45) is -1.03. The van der Waals surface area contributed by atoms with Gasteiger partial charge in [-0.2, -0.15) is 13.2 Å². The highest BCUT2D eigenvalue weighted by Crippen LogP contribution is 2.25. The van der Waals surface area contributed by atoms with Gasteiger partial charge in [-0.3, -0.25) is 9.69 Å². The second-order valence-electron chi connectivity index (χ2n) is 4.62. The zero-order chi connectivity index (χ0) is 12.9. The molecule has 1 N–H and O–H groups in total. The third-order valence-electron chi connectivity index (χ3n) is 3.11. The van der Waals surface area contributed by atoms with Crippen molar-refractivity contribution in [2.45, 2.75) is 38.3 Å². The molecule has 1 aliphatic heterocycles. The van der Waals surface area contributed by atoms with E-state index in [-0.39, 0.29) is 6.42 Å². The Balaban J connectivity index is 2.15. The molecule has 100 valence electrons. The Morgan fingerprint density at radius 1 is 1.29 bits per heavy atom. The number of carboxylic acid groups (broad SMARTS) is 1. The van der Waals surface area contributed by atoms with E-state index in [9.17, 15) is 18.0 Å². The number of rotatable bonds is 5. The molecule has 0 atom stereocenters. The number of carboxylic acids is 1. The third-order valence-corrected chi connectivity index (χ3v) is 3.11. The van der Waals surface area contributed by atoms with Crippen molar-refractivity contribution in [3.63, 3.8) is 0 Å². The average Bonchev–Trinajstić information content (AvgIpc) is 2.18. The normalized spacial score (nSPS) is 19.5. The second-order valence-corrected chi connectivity index (χ2v) is 4.62. The predicted octanol–water partition coefficient (Wildman–Crippen LogP) is 2.52. The fourth-order valence-electron chi connectivity index (χ4n) is 2.23. The number of hydrogen-bond acceptors (Lipinski definition) is 2. The van der Waals surface area contributed by atoms with Gasteiger partial charge in [-0.25, -0.2) is 0 Å². The summed E-state index contributed by atoms with van der Waals surface area (Å²) in [6.45, 7) is 0.114. The first kappa shape index (κ1) is 14.3. The van der Waals surface area contributed by atoms with Crippen LogP contribution in [0.3, 0.4) is 0 Å². The molecule has 1 heterocycles. The maximum absolute atomic E-state index is 12.1. The molecule has 17 heavy (non-hydrogen) atoms. The molecule has 1 rings (SSSR count). The molecule has 0 amide bonds. The third kappa shape index (κ3) is 6.51. The SMILES string of the molecule is O=C(O)CCCC1CCN(CC(F)(F)F)CC1. The fourth-order valence-corrected chi connectivity index (χ4v) is 2.23. The van der Waals surface area contributed by atoms with E-state index in [0.717, 1.165) is 19.3 Å². The summed E-state index contributed by atoms with van der Waals surface area (Å²) in [4.78, 5) is 11.7. The topological polar surface area (TPSA) is 40.5 Å². The van der Waals surface area contributed by atoms with Crippen LogP contribution in [0, 0.1) is 5.92 Å². The molecule has 0 bridgehead atoms. The van der Waals surface area contributed by atoms with Gasteiger partial charge in [-0.1, -0.05) is 0 Å². The van der Waals surface area contributed by atoms with Crippen molar-refractivity contribution in [3.05, 3.63) is 0 Å². The van der Waals surface area contributed by atoms with E-state index in [1.54, 1.807) is 0 Å². The number of aliphatic carboxylic acids is 1. The van der Waals surface area contributed by atoms with Crippen molar-refractivity contribution in [1.82, 2.24) is 4.90 Å². The van der Waals surface area contributed by atoms with Crippen LogP contribution in [0.1, 0.15) is 32.1 Å². The van der Waals surface area contributed by atoms with Crippen LogP contribution in [0.2, 0.25) is 0 Å². The summed E-state index contributed by atoms with van der Waals surface area (Å²) in [5.74, 6) is -0.418. The number of alkyl halides is 3. The molecular weight excluding hydrogens is 235 g/mol. The smallest absolute Gasteiger partial charge is 0.401 e. The van der Waals surface area contributed by atoms with E-state index in [1.807, 2.05) is 0 Å². The molecule has 3 nitrogen and oxygen atoms in total. The van der Waals surface area contributed by atoms with Crippen LogP contribution < -0.4 is 0 Å². The summed E-state index contributed by atoms with van der Waals surface area (Å²) in [6, 6.07) is 0. The summed E-state index contributed by atoms with van der Waals surface area (Å²) in [5.41, 5.74) is 0. The fraction of sp³-hybridized carbons (Fsp3) is 0.909. The van der Waals surface area contributed by atoms with Crippen molar-refractivity contribution in [3.8, 4) is 0 Å². The number of halogens is 3. The van der Waals surface area contributed by atoms with Gasteiger partial charge in [0.1, 0.15) is 0 Å². The van der Waals surface area contributed by atoms with E-state index < -0.39 is 18.7 Å². The number of nitrogens with zero attached hydrogens (tertiary/aromatic N) is 1. The summed E-state index contributed by atoms with van der Waals surface area (Å²) in [7, 11) is 0. The Labute approximate surface area is 98.6 Å². The van der Waals surface area contributed by atoms with Crippen molar-refractivity contribution in [2.24, 2.45) is 5.92 Å². The average molecular weight is 253 g/mol. The first-order chi connectivity index (χ1) is 7.87. The molecule has 0 saturated carbocycles. The van der Waals surface area contributed by atoms with Gasteiger partial charge in [0.15, 0.2) is 0 Å². The monoisotopic (exact) mass is 253 g/mol. The minimum atomic E-state index is -4.11. The molecule has 0 aromatic carbocycles. The molecule has 0 aromatic rings. The van der Waals surface area contributed by atoms with Gasteiger partial charge in [0.05, 0.1) is 6.54 Å². The maximum atomic E-state index is 12.1. The first-order valence-electron chi connectivity index (χ1n) is 5.88. The maximum Gasteiger partial charge on any atom is 0.401 e. The van der Waals surface area contributed by atoms with Crippen LogP contribution in [0.15, 0.2) is 0 Å². The second kappa shape index (κ2) is 6.23. The van der Waals surface area contributed by atoms with Crippen LogP contribution in [0.5, 0.6) is 0 Å². The number of piperidine rings is 1. The Hall–Kier alpha value is -0.780. The van der Waals surface area contributed by atoms with Crippen molar-refractivity contribution in [1.29, 1.82) is 0 Å². The Bertz CT molecular complexity index is 248. The van der Waals surface area contributed by atoms with Gasteiger partial charge in [0, 0.05) is 6.42 Å². The van der Waals surface area contributed by atoms with E-state index in [4.69, 9.17) is 5.11 Å².